The molecular weight excluding hydrogens is 212 g/mol. The van der Waals surface area contributed by atoms with Crippen molar-refractivity contribution in [2.45, 2.75) is 25.8 Å². The number of hydrogen-bond acceptors (Lipinski definition) is 2. The van der Waals surface area contributed by atoms with E-state index in [4.69, 9.17) is 0 Å². The fourth-order valence-electron chi connectivity index (χ4n) is 2.37. The topological polar surface area (TPSA) is 23.6 Å². The van der Waals surface area contributed by atoms with Crippen molar-refractivity contribution in [1.29, 1.82) is 0 Å². The third kappa shape index (κ3) is 2.43. The summed E-state index contributed by atoms with van der Waals surface area (Å²) in [5.41, 5.74) is 1.98. The predicted molar refractivity (Wildman–Crippen MR) is 70.5 cm³/mol. The van der Waals surface area contributed by atoms with Gasteiger partial charge < -0.3 is 9.80 Å². The molecule has 0 N–H and O–H groups in total. The first-order chi connectivity index (χ1) is 8.09. The average Bonchev–Trinajstić information content (AvgIpc) is 2.74. The average molecular weight is 232 g/mol. The fraction of sp³-hybridized carbons (Fsp3) is 0.500. The van der Waals surface area contributed by atoms with Gasteiger partial charge in [0.2, 0.25) is 0 Å². The van der Waals surface area contributed by atoms with Gasteiger partial charge in [0, 0.05) is 37.9 Å². The van der Waals surface area contributed by atoms with Crippen LogP contribution in [-0.2, 0) is 0 Å². The van der Waals surface area contributed by atoms with E-state index in [9.17, 15) is 4.79 Å². The number of nitrogens with zero attached hydrogens (tertiary/aromatic N) is 2. The van der Waals surface area contributed by atoms with Crippen LogP contribution in [0.5, 0.6) is 0 Å². The van der Waals surface area contributed by atoms with Gasteiger partial charge >= 0.3 is 0 Å². The Hall–Kier alpha value is -1.51. The molecule has 0 saturated carbocycles. The van der Waals surface area contributed by atoms with Crippen molar-refractivity contribution in [1.82, 2.24) is 4.90 Å². The number of amides is 1. The second-order valence-corrected chi connectivity index (χ2v) is 4.93. The first-order valence-corrected chi connectivity index (χ1v) is 6.18. The number of benzene rings is 1. The summed E-state index contributed by atoms with van der Waals surface area (Å²) < 4.78 is 0. The molecule has 1 amide bonds. The molecule has 0 aromatic heterocycles. The Labute approximate surface area is 103 Å². The minimum atomic E-state index is 0.0611. The lowest BCUT2D eigenvalue weighted by molar-refractivity contribution is 0.0827. The van der Waals surface area contributed by atoms with Gasteiger partial charge in [-0.3, -0.25) is 4.79 Å². The summed E-state index contributed by atoms with van der Waals surface area (Å²) in [5.74, 6) is 0.0611. The Kier molecular flexibility index (Phi) is 3.36. The summed E-state index contributed by atoms with van der Waals surface area (Å²) in [6.45, 7) is 3.38. The van der Waals surface area contributed by atoms with Crippen LogP contribution in [0.15, 0.2) is 24.3 Å². The van der Waals surface area contributed by atoms with Crippen LogP contribution in [0.3, 0.4) is 0 Å². The van der Waals surface area contributed by atoms with Crippen LogP contribution in [0, 0.1) is 0 Å². The highest BCUT2D eigenvalue weighted by atomic mass is 16.2. The molecule has 0 spiro atoms. The molecule has 0 bridgehead atoms. The maximum atomic E-state index is 11.8. The normalized spacial score (nSPS) is 19.5. The Bertz CT molecular complexity index is 397. The highest BCUT2D eigenvalue weighted by Gasteiger charge is 2.20. The van der Waals surface area contributed by atoms with E-state index in [1.807, 2.05) is 12.1 Å². The van der Waals surface area contributed by atoms with Gasteiger partial charge in [-0.15, -0.1) is 0 Å². The Morgan fingerprint density at radius 3 is 2.41 bits per heavy atom. The molecule has 3 heteroatoms. The second kappa shape index (κ2) is 4.78. The van der Waals surface area contributed by atoms with Crippen LogP contribution in [0.4, 0.5) is 5.69 Å². The van der Waals surface area contributed by atoms with Gasteiger partial charge in [0.15, 0.2) is 0 Å². The van der Waals surface area contributed by atoms with Crippen LogP contribution in [0.25, 0.3) is 0 Å². The van der Waals surface area contributed by atoms with Gasteiger partial charge in [-0.05, 0) is 44.0 Å². The Morgan fingerprint density at radius 2 is 1.94 bits per heavy atom. The van der Waals surface area contributed by atoms with Gasteiger partial charge in [0.25, 0.3) is 5.91 Å². The van der Waals surface area contributed by atoms with Crippen molar-refractivity contribution < 1.29 is 4.79 Å². The molecule has 1 saturated heterocycles. The van der Waals surface area contributed by atoms with E-state index in [-0.39, 0.29) is 5.91 Å². The monoisotopic (exact) mass is 232 g/mol. The molecule has 17 heavy (non-hydrogen) atoms. The van der Waals surface area contributed by atoms with Crippen LogP contribution < -0.4 is 4.90 Å². The first kappa shape index (κ1) is 12.0. The molecule has 1 aliphatic heterocycles. The van der Waals surface area contributed by atoms with Gasteiger partial charge in [-0.25, -0.2) is 0 Å². The van der Waals surface area contributed by atoms with Gasteiger partial charge in [0.1, 0.15) is 0 Å². The number of hydrogen-bond donors (Lipinski definition) is 0. The minimum Gasteiger partial charge on any atom is -0.369 e. The summed E-state index contributed by atoms with van der Waals surface area (Å²) in [7, 11) is 3.55. The maximum Gasteiger partial charge on any atom is 0.253 e. The zero-order valence-electron chi connectivity index (χ0n) is 10.8. The van der Waals surface area contributed by atoms with Crippen LogP contribution in [0.1, 0.15) is 30.1 Å². The summed E-state index contributed by atoms with van der Waals surface area (Å²) in [6.07, 6.45) is 2.53. The molecular formula is C14H20N2O. The Morgan fingerprint density at radius 1 is 1.29 bits per heavy atom. The predicted octanol–water partition coefficient (Wildman–Crippen LogP) is 2.38. The van der Waals surface area contributed by atoms with Crippen LogP contribution in [0.2, 0.25) is 0 Å². The molecule has 1 aromatic carbocycles. The molecule has 1 fully saturated rings. The van der Waals surface area contributed by atoms with Gasteiger partial charge in [0.05, 0.1) is 0 Å². The fourth-order valence-corrected chi connectivity index (χ4v) is 2.37. The van der Waals surface area contributed by atoms with Crippen molar-refractivity contribution in [3.05, 3.63) is 29.8 Å². The molecule has 1 aromatic rings. The summed E-state index contributed by atoms with van der Waals surface area (Å²) in [5, 5.41) is 0. The molecule has 0 radical (unpaired) electrons. The van der Waals surface area contributed by atoms with Gasteiger partial charge in [-0.1, -0.05) is 0 Å². The molecule has 0 aliphatic carbocycles. The Balaban J connectivity index is 2.15. The molecule has 1 heterocycles. The van der Waals surface area contributed by atoms with Crippen LogP contribution >= 0.6 is 0 Å². The molecule has 1 unspecified atom stereocenters. The smallest absolute Gasteiger partial charge is 0.253 e. The lowest BCUT2D eigenvalue weighted by Gasteiger charge is -2.24. The lowest BCUT2D eigenvalue weighted by atomic mass is 10.1. The van der Waals surface area contributed by atoms with Crippen molar-refractivity contribution in [2.75, 3.05) is 25.5 Å². The van der Waals surface area contributed by atoms with E-state index in [0.29, 0.717) is 6.04 Å². The van der Waals surface area contributed by atoms with E-state index in [2.05, 4.69) is 24.0 Å². The molecule has 92 valence electrons. The van der Waals surface area contributed by atoms with Crippen LogP contribution in [-0.4, -0.2) is 37.5 Å². The van der Waals surface area contributed by atoms with Gasteiger partial charge in [-0.2, -0.15) is 0 Å². The molecule has 3 nitrogen and oxygen atoms in total. The zero-order valence-corrected chi connectivity index (χ0v) is 10.8. The highest BCUT2D eigenvalue weighted by molar-refractivity contribution is 5.94. The number of rotatable bonds is 2. The van der Waals surface area contributed by atoms with Crippen molar-refractivity contribution in [3.8, 4) is 0 Å². The quantitative estimate of drug-likeness (QED) is 0.781. The summed E-state index contributed by atoms with van der Waals surface area (Å²) in [6, 6.07) is 8.56. The minimum absolute atomic E-state index is 0.0611. The SMILES string of the molecule is CC1CCCN1c1ccc(C(=O)N(C)C)cc1. The summed E-state index contributed by atoms with van der Waals surface area (Å²) in [4.78, 5) is 15.8. The van der Waals surface area contributed by atoms with Crippen molar-refractivity contribution in [2.24, 2.45) is 0 Å². The molecule has 1 atom stereocenters. The number of carbonyl (C=O) groups excluding carboxylic acids is 1. The van der Waals surface area contributed by atoms with E-state index >= 15 is 0 Å². The molecule has 1 aliphatic rings. The maximum absolute atomic E-state index is 11.8. The van der Waals surface area contributed by atoms with Crippen molar-refractivity contribution in [3.63, 3.8) is 0 Å². The second-order valence-electron chi connectivity index (χ2n) is 4.93. The van der Waals surface area contributed by atoms with E-state index in [0.717, 1.165) is 12.1 Å². The third-order valence-corrected chi connectivity index (χ3v) is 3.41. The van der Waals surface area contributed by atoms with E-state index < -0.39 is 0 Å². The van der Waals surface area contributed by atoms with Crippen molar-refractivity contribution >= 4 is 11.6 Å². The number of carbonyl (C=O) groups is 1. The zero-order chi connectivity index (χ0) is 12.4. The highest BCUT2D eigenvalue weighted by Crippen LogP contribution is 2.25. The largest absolute Gasteiger partial charge is 0.369 e. The third-order valence-electron chi connectivity index (χ3n) is 3.41. The standard InChI is InChI=1S/C14H20N2O/c1-11-5-4-10-16(11)13-8-6-12(7-9-13)14(17)15(2)3/h6-9,11H,4-5,10H2,1-3H3. The van der Waals surface area contributed by atoms with E-state index in [1.165, 1.54) is 18.5 Å². The lowest BCUT2D eigenvalue weighted by Crippen LogP contribution is -2.26. The summed E-state index contributed by atoms with van der Waals surface area (Å²) >= 11 is 0. The number of anilines is 1. The molecule has 2 rings (SSSR count). The first-order valence-electron chi connectivity index (χ1n) is 6.18. The van der Waals surface area contributed by atoms with E-state index in [1.54, 1.807) is 19.0 Å².